The number of aliphatic hydroxyl groups excluding tert-OH is 1. The summed E-state index contributed by atoms with van der Waals surface area (Å²) in [5.74, 6) is 0.208. The number of nitrogens with zero attached hydrogens (tertiary/aromatic N) is 3. The number of aromatic nitrogens is 1. The molecule has 8 nitrogen and oxygen atoms in total. The molecule has 0 aliphatic rings. The molecule has 0 saturated heterocycles. The van der Waals surface area contributed by atoms with Crippen LogP contribution < -0.4 is 11.1 Å². The van der Waals surface area contributed by atoms with Gasteiger partial charge in [0.2, 0.25) is 0 Å². The fraction of sp³-hybridized carbons (Fsp3) is 0.400. The van der Waals surface area contributed by atoms with Crippen LogP contribution in [0.15, 0.2) is 12.3 Å². The van der Waals surface area contributed by atoms with Gasteiger partial charge in [0.15, 0.2) is 0 Å². The van der Waals surface area contributed by atoms with Crippen LogP contribution in [0.4, 0.5) is 11.5 Å². The van der Waals surface area contributed by atoms with Crippen LogP contribution in [-0.4, -0.2) is 33.7 Å². The maximum Gasteiger partial charge on any atom is 0.289 e. The Bertz CT molecular complexity index is 483. The molecule has 18 heavy (non-hydrogen) atoms. The molecular formula is C10H13N5O3. The van der Waals surface area contributed by atoms with E-state index >= 15 is 0 Å². The summed E-state index contributed by atoms with van der Waals surface area (Å²) in [6, 6.07) is 2.42. The highest BCUT2D eigenvalue weighted by Crippen LogP contribution is 2.18. The van der Waals surface area contributed by atoms with Crippen molar-refractivity contribution >= 4 is 11.5 Å². The third-order valence-corrected chi connectivity index (χ3v) is 2.33. The highest BCUT2D eigenvalue weighted by molar-refractivity contribution is 5.55. The predicted molar refractivity (Wildman–Crippen MR) is 63.8 cm³/mol. The summed E-state index contributed by atoms with van der Waals surface area (Å²) < 4.78 is 0. The number of anilines is 1. The summed E-state index contributed by atoms with van der Waals surface area (Å²) in [4.78, 5) is 13.7. The molecule has 0 fully saturated rings. The van der Waals surface area contributed by atoms with Gasteiger partial charge >= 0.3 is 0 Å². The molecule has 2 atom stereocenters. The molecule has 0 aromatic carbocycles. The molecule has 0 saturated carbocycles. The van der Waals surface area contributed by atoms with Gasteiger partial charge in [0, 0.05) is 18.7 Å². The molecule has 0 aliphatic carbocycles. The Kier molecular flexibility index (Phi) is 4.53. The lowest BCUT2D eigenvalue weighted by atomic mass is 10.2. The number of nitrogens with two attached hydrogens (primary N) is 1. The van der Waals surface area contributed by atoms with Crippen LogP contribution in [0, 0.1) is 21.4 Å². The molecule has 0 radical (unpaired) electrons. The summed E-state index contributed by atoms with van der Waals surface area (Å²) in [6.07, 6.45) is 0.345. The van der Waals surface area contributed by atoms with Gasteiger partial charge in [0.25, 0.3) is 5.69 Å². The first kappa shape index (κ1) is 13.8. The highest BCUT2D eigenvalue weighted by Gasteiger charge is 2.14. The zero-order valence-corrected chi connectivity index (χ0v) is 9.70. The van der Waals surface area contributed by atoms with Gasteiger partial charge in [-0.1, -0.05) is 0 Å². The number of pyridine rings is 1. The quantitative estimate of drug-likeness (QED) is 0.493. The largest absolute Gasteiger partial charge is 0.392 e. The van der Waals surface area contributed by atoms with E-state index in [1.165, 1.54) is 0 Å². The number of rotatable bonds is 5. The molecule has 1 rings (SSSR count). The molecule has 0 aliphatic heterocycles. The lowest BCUT2D eigenvalue weighted by Crippen LogP contribution is -2.38. The van der Waals surface area contributed by atoms with Crippen LogP contribution in [0.25, 0.3) is 0 Å². The molecule has 96 valence electrons. The van der Waals surface area contributed by atoms with Gasteiger partial charge in [-0.2, -0.15) is 5.26 Å². The zero-order valence-electron chi connectivity index (χ0n) is 9.70. The second-order valence-corrected chi connectivity index (χ2v) is 3.74. The van der Waals surface area contributed by atoms with Gasteiger partial charge < -0.3 is 16.2 Å². The summed E-state index contributed by atoms with van der Waals surface area (Å²) in [7, 11) is 0. The monoisotopic (exact) mass is 251 g/mol. The number of nitrogens with one attached hydrogen (secondary N) is 1. The molecule has 1 aromatic heterocycles. The fourth-order valence-electron chi connectivity index (χ4n) is 1.16. The van der Waals surface area contributed by atoms with Gasteiger partial charge in [-0.05, 0) is 6.92 Å². The summed E-state index contributed by atoms with van der Waals surface area (Å²) in [6.45, 7) is 1.75. The van der Waals surface area contributed by atoms with Crippen molar-refractivity contribution < 1.29 is 10.0 Å². The standard InChI is InChI=1S/C10H13N5O3/c1-6(16)9(12)5-14-10-7(3-11)2-8(4-13-10)15(17)18/h2,4,6,9,16H,5,12H2,1H3,(H,13,14). The Morgan fingerprint density at radius 2 is 2.44 bits per heavy atom. The van der Waals surface area contributed by atoms with E-state index < -0.39 is 17.1 Å². The first-order valence-corrected chi connectivity index (χ1v) is 5.17. The van der Waals surface area contributed by atoms with Crippen molar-refractivity contribution in [3.8, 4) is 6.07 Å². The maximum absolute atomic E-state index is 10.5. The third kappa shape index (κ3) is 3.38. The zero-order chi connectivity index (χ0) is 13.7. The first-order valence-electron chi connectivity index (χ1n) is 5.17. The van der Waals surface area contributed by atoms with Crippen LogP contribution in [-0.2, 0) is 0 Å². The van der Waals surface area contributed by atoms with Crippen LogP contribution >= 0.6 is 0 Å². The van der Waals surface area contributed by atoms with Crippen LogP contribution in [0.2, 0.25) is 0 Å². The van der Waals surface area contributed by atoms with E-state index in [1.54, 1.807) is 6.92 Å². The lowest BCUT2D eigenvalue weighted by molar-refractivity contribution is -0.385. The second-order valence-electron chi connectivity index (χ2n) is 3.74. The van der Waals surface area contributed by atoms with Crippen LogP contribution in [0.1, 0.15) is 12.5 Å². The fourth-order valence-corrected chi connectivity index (χ4v) is 1.16. The number of nitro groups is 1. The molecule has 0 amide bonds. The van der Waals surface area contributed by atoms with E-state index in [0.717, 1.165) is 12.3 Å². The van der Waals surface area contributed by atoms with Crippen molar-refractivity contribution in [3.05, 3.63) is 27.9 Å². The van der Waals surface area contributed by atoms with Crippen molar-refractivity contribution in [3.63, 3.8) is 0 Å². The van der Waals surface area contributed by atoms with Gasteiger partial charge in [-0.25, -0.2) is 4.98 Å². The van der Waals surface area contributed by atoms with E-state index in [-0.39, 0.29) is 23.6 Å². The second kappa shape index (κ2) is 5.90. The minimum Gasteiger partial charge on any atom is -0.392 e. The van der Waals surface area contributed by atoms with E-state index in [4.69, 9.17) is 11.0 Å². The molecule has 0 bridgehead atoms. The first-order chi connectivity index (χ1) is 8.45. The third-order valence-electron chi connectivity index (χ3n) is 2.33. The Morgan fingerprint density at radius 1 is 1.78 bits per heavy atom. The van der Waals surface area contributed by atoms with E-state index in [2.05, 4.69) is 10.3 Å². The van der Waals surface area contributed by atoms with Crippen LogP contribution in [0.3, 0.4) is 0 Å². The predicted octanol–water partition coefficient (Wildman–Crippen LogP) is -0.0185. The van der Waals surface area contributed by atoms with Crippen molar-refractivity contribution in [1.82, 2.24) is 4.98 Å². The number of aliphatic hydroxyl groups is 1. The maximum atomic E-state index is 10.5. The number of hydrogen-bond acceptors (Lipinski definition) is 7. The van der Waals surface area contributed by atoms with E-state index in [9.17, 15) is 15.2 Å². The van der Waals surface area contributed by atoms with Crippen molar-refractivity contribution in [2.45, 2.75) is 19.1 Å². The molecule has 1 aromatic rings. The van der Waals surface area contributed by atoms with Crippen molar-refractivity contribution in [2.24, 2.45) is 5.73 Å². The average Bonchev–Trinajstić information content (AvgIpc) is 2.35. The number of hydrogen-bond donors (Lipinski definition) is 3. The Morgan fingerprint density at radius 3 is 2.94 bits per heavy atom. The molecule has 4 N–H and O–H groups in total. The van der Waals surface area contributed by atoms with Gasteiger partial charge in [0.05, 0.1) is 11.0 Å². The molecule has 8 heteroatoms. The van der Waals surface area contributed by atoms with Gasteiger partial charge in [-0.3, -0.25) is 10.1 Å². The highest BCUT2D eigenvalue weighted by atomic mass is 16.6. The Hall–Kier alpha value is -2.24. The van der Waals surface area contributed by atoms with Gasteiger partial charge in [0.1, 0.15) is 23.6 Å². The minimum absolute atomic E-state index is 0.0574. The van der Waals surface area contributed by atoms with Crippen molar-refractivity contribution in [1.29, 1.82) is 5.26 Å². The Labute approximate surface area is 103 Å². The summed E-state index contributed by atoms with van der Waals surface area (Å²) in [5, 5.41) is 31.4. The average molecular weight is 251 g/mol. The van der Waals surface area contributed by atoms with E-state index in [0.29, 0.717) is 0 Å². The molecule has 0 spiro atoms. The SMILES string of the molecule is CC(O)C(N)CNc1ncc([N+](=O)[O-])cc1C#N. The Balaban J connectivity index is 2.84. The molecule has 2 unspecified atom stereocenters. The topological polar surface area (TPSA) is 138 Å². The minimum atomic E-state index is -0.707. The molecule has 1 heterocycles. The molecular weight excluding hydrogens is 238 g/mol. The van der Waals surface area contributed by atoms with Crippen LogP contribution in [0.5, 0.6) is 0 Å². The normalized spacial score (nSPS) is 13.4. The number of nitriles is 1. The summed E-state index contributed by atoms with van der Waals surface area (Å²) >= 11 is 0. The summed E-state index contributed by atoms with van der Waals surface area (Å²) in [5.41, 5.74) is 5.41. The van der Waals surface area contributed by atoms with E-state index in [1.807, 2.05) is 6.07 Å². The van der Waals surface area contributed by atoms with Crippen molar-refractivity contribution in [2.75, 3.05) is 11.9 Å². The lowest BCUT2D eigenvalue weighted by Gasteiger charge is -2.15. The van der Waals surface area contributed by atoms with Gasteiger partial charge in [-0.15, -0.1) is 0 Å². The smallest absolute Gasteiger partial charge is 0.289 e.